The number of carbonyl (C=O) groups excluding carboxylic acids is 2. The molecule has 1 N–H and O–H groups in total. The molecule has 0 radical (unpaired) electrons. The summed E-state index contributed by atoms with van der Waals surface area (Å²) in [6.45, 7) is 2.08. The van der Waals surface area contributed by atoms with Gasteiger partial charge >= 0.3 is 5.97 Å². The molecule has 0 bridgehead atoms. The number of thiophene rings is 1. The molecule has 1 aliphatic rings. The van der Waals surface area contributed by atoms with Crippen LogP contribution in [0.5, 0.6) is 0 Å². The maximum atomic E-state index is 12.4. The lowest BCUT2D eigenvalue weighted by Gasteiger charge is -2.07. The van der Waals surface area contributed by atoms with Gasteiger partial charge in [-0.2, -0.15) is 0 Å². The number of amides is 1. The highest BCUT2D eigenvalue weighted by Crippen LogP contribution is 2.38. The Kier molecular flexibility index (Phi) is 4.76. The Labute approximate surface area is 137 Å². The van der Waals surface area contributed by atoms with Crippen LogP contribution in [0.3, 0.4) is 0 Å². The summed E-state index contributed by atoms with van der Waals surface area (Å²) in [5.41, 5.74) is 1.53. The van der Waals surface area contributed by atoms with E-state index in [9.17, 15) is 9.59 Å². The van der Waals surface area contributed by atoms with Gasteiger partial charge < -0.3 is 14.6 Å². The lowest BCUT2D eigenvalue weighted by Crippen LogP contribution is -2.14. The standard InChI is InChI=1S/C16H18N2O4S/c1-2-21-16(20)13-10-6-4-3-5-7-12(10)23-15(13)18-14(19)11-8-9-17-22-11/h8-9H,2-7H2,1H3,(H,18,19). The third-order valence-corrected chi connectivity index (χ3v) is 5.00. The molecule has 1 aliphatic carbocycles. The third kappa shape index (κ3) is 3.29. The van der Waals surface area contributed by atoms with Crippen LogP contribution in [0.4, 0.5) is 5.00 Å². The topological polar surface area (TPSA) is 81.4 Å². The van der Waals surface area contributed by atoms with Crippen molar-refractivity contribution in [1.82, 2.24) is 5.16 Å². The number of aryl methyl sites for hydroxylation is 1. The Hall–Kier alpha value is -2.15. The predicted molar refractivity (Wildman–Crippen MR) is 86.0 cm³/mol. The van der Waals surface area contributed by atoms with Crippen molar-refractivity contribution in [1.29, 1.82) is 0 Å². The van der Waals surface area contributed by atoms with Crippen LogP contribution >= 0.6 is 11.3 Å². The number of rotatable bonds is 4. The molecule has 0 atom stereocenters. The monoisotopic (exact) mass is 334 g/mol. The van der Waals surface area contributed by atoms with Crippen LogP contribution in [-0.2, 0) is 17.6 Å². The second-order valence-corrected chi connectivity index (χ2v) is 6.43. The SMILES string of the molecule is CCOC(=O)c1c(NC(=O)c2ccno2)sc2c1CCCCC2. The molecule has 7 heteroatoms. The summed E-state index contributed by atoms with van der Waals surface area (Å²) in [4.78, 5) is 25.7. The highest BCUT2D eigenvalue weighted by atomic mass is 32.1. The van der Waals surface area contributed by atoms with Crippen molar-refractivity contribution in [2.75, 3.05) is 11.9 Å². The van der Waals surface area contributed by atoms with E-state index in [2.05, 4.69) is 10.5 Å². The van der Waals surface area contributed by atoms with Gasteiger partial charge in [-0.25, -0.2) is 4.79 Å². The van der Waals surface area contributed by atoms with Crippen LogP contribution in [0.2, 0.25) is 0 Å². The Morgan fingerprint density at radius 2 is 2.17 bits per heavy atom. The summed E-state index contributed by atoms with van der Waals surface area (Å²) < 4.78 is 10.1. The van der Waals surface area contributed by atoms with Crippen molar-refractivity contribution < 1.29 is 18.8 Å². The fraction of sp³-hybridized carbons (Fsp3) is 0.438. The summed E-state index contributed by atoms with van der Waals surface area (Å²) in [5, 5.41) is 6.84. The second kappa shape index (κ2) is 6.95. The van der Waals surface area contributed by atoms with E-state index in [1.165, 1.54) is 28.5 Å². The molecule has 0 saturated heterocycles. The number of ether oxygens (including phenoxy) is 1. The number of fused-ring (bicyclic) bond motifs is 1. The molecule has 0 aliphatic heterocycles. The first-order chi connectivity index (χ1) is 11.2. The van der Waals surface area contributed by atoms with Crippen molar-refractivity contribution in [2.24, 2.45) is 0 Å². The number of anilines is 1. The largest absolute Gasteiger partial charge is 0.462 e. The highest BCUT2D eigenvalue weighted by Gasteiger charge is 2.27. The van der Waals surface area contributed by atoms with Gasteiger partial charge in [-0.1, -0.05) is 11.6 Å². The average molecular weight is 334 g/mol. The molecule has 122 valence electrons. The zero-order valence-corrected chi connectivity index (χ0v) is 13.7. The minimum absolute atomic E-state index is 0.114. The number of aromatic nitrogens is 1. The van der Waals surface area contributed by atoms with Crippen molar-refractivity contribution in [3.8, 4) is 0 Å². The van der Waals surface area contributed by atoms with E-state index < -0.39 is 5.91 Å². The minimum Gasteiger partial charge on any atom is -0.462 e. The molecule has 2 heterocycles. The van der Waals surface area contributed by atoms with Crippen molar-refractivity contribution in [3.05, 3.63) is 34.0 Å². The van der Waals surface area contributed by atoms with Gasteiger partial charge in [-0.3, -0.25) is 4.79 Å². The van der Waals surface area contributed by atoms with Crippen LogP contribution < -0.4 is 5.32 Å². The van der Waals surface area contributed by atoms with E-state index in [-0.39, 0.29) is 11.7 Å². The van der Waals surface area contributed by atoms with Crippen LogP contribution in [0.15, 0.2) is 16.8 Å². The first-order valence-electron chi connectivity index (χ1n) is 7.74. The number of nitrogens with one attached hydrogen (secondary N) is 1. The van der Waals surface area contributed by atoms with Gasteiger partial charge in [-0.15, -0.1) is 11.3 Å². The Morgan fingerprint density at radius 3 is 2.91 bits per heavy atom. The smallest absolute Gasteiger partial charge is 0.341 e. The quantitative estimate of drug-likeness (QED) is 0.684. The van der Waals surface area contributed by atoms with Crippen LogP contribution in [-0.4, -0.2) is 23.6 Å². The van der Waals surface area contributed by atoms with E-state index in [0.29, 0.717) is 17.2 Å². The lowest BCUT2D eigenvalue weighted by molar-refractivity contribution is 0.0527. The van der Waals surface area contributed by atoms with E-state index in [0.717, 1.165) is 37.7 Å². The Balaban J connectivity index is 1.95. The summed E-state index contributed by atoms with van der Waals surface area (Å²) in [6.07, 6.45) is 6.49. The summed E-state index contributed by atoms with van der Waals surface area (Å²) >= 11 is 1.46. The second-order valence-electron chi connectivity index (χ2n) is 5.32. The van der Waals surface area contributed by atoms with Crippen molar-refractivity contribution in [2.45, 2.75) is 39.0 Å². The molecule has 0 fully saturated rings. The Morgan fingerprint density at radius 1 is 1.35 bits per heavy atom. The zero-order chi connectivity index (χ0) is 16.2. The van der Waals surface area contributed by atoms with Crippen LogP contribution in [0.1, 0.15) is 57.5 Å². The summed E-state index contributed by atoms with van der Waals surface area (Å²) in [5.74, 6) is -0.673. The van der Waals surface area contributed by atoms with Gasteiger partial charge in [0.2, 0.25) is 5.76 Å². The van der Waals surface area contributed by atoms with Crippen molar-refractivity contribution in [3.63, 3.8) is 0 Å². The molecule has 0 saturated carbocycles. The molecular formula is C16H18N2O4S. The number of nitrogens with zero attached hydrogens (tertiary/aromatic N) is 1. The fourth-order valence-corrected chi connectivity index (χ4v) is 4.02. The van der Waals surface area contributed by atoms with Gasteiger partial charge in [0.25, 0.3) is 5.91 Å². The number of esters is 1. The first-order valence-corrected chi connectivity index (χ1v) is 8.56. The zero-order valence-electron chi connectivity index (χ0n) is 12.9. The van der Waals surface area contributed by atoms with E-state index in [1.807, 2.05) is 0 Å². The molecule has 0 spiro atoms. The number of carbonyl (C=O) groups is 2. The van der Waals surface area contributed by atoms with Crippen LogP contribution in [0, 0.1) is 0 Å². The molecule has 23 heavy (non-hydrogen) atoms. The summed E-state index contributed by atoms with van der Waals surface area (Å²) in [6, 6.07) is 1.48. The lowest BCUT2D eigenvalue weighted by atomic mass is 10.1. The molecule has 3 rings (SSSR count). The molecule has 1 amide bonds. The minimum atomic E-state index is -0.413. The van der Waals surface area contributed by atoms with E-state index in [1.54, 1.807) is 6.92 Å². The van der Waals surface area contributed by atoms with Gasteiger partial charge in [-0.05, 0) is 38.2 Å². The number of hydrogen-bond donors (Lipinski definition) is 1. The Bertz CT molecular complexity index is 706. The van der Waals surface area contributed by atoms with Crippen molar-refractivity contribution >= 4 is 28.2 Å². The molecule has 2 aromatic heterocycles. The third-order valence-electron chi connectivity index (χ3n) is 3.79. The molecule has 6 nitrogen and oxygen atoms in total. The normalized spacial score (nSPS) is 14.0. The molecule has 0 aromatic carbocycles. The van der Waals surface area contributed by atoms with Gasteiger partial charge in [0.05, 0.1) is 18.4 Å². The fourth-order valence-electron chi connectivity index (χ4n) is 2.75. The summed E-state index contributed by atoms with van der Waals surface area (Å²) in [7, 11) is 0. The van der Waals surface area contributed by atoms with Gasteiger partial charge in [0, 0.05) is 10.9 Å². The first kappa shape index (κ1) is 15.7. The predicted octanol–water partition coefficient (Wildman–Crippen LogP) is 3.43. The molecule has 2 aromatic rings. The average Bonchev–Trinajstić information content (AvgIpc) is 3.11. The highest BCUT2D eigenvalue weighted by molar-refractivity contribution is 7.17. The maximum absolute atomic E-state index is 12.4. The van der Waals surface area contributed by atoms with Gasteiger partial charge in [0.1, 0.15) is 5.00 Å². The molecule has 0 unspecified atom stereocenters. The maximum Gasteiger partial charge on any atom is 0.341 e. The number of hydrogen-bond acceptors (Lipinski definition) is 6. The van der Waals surface area contributed by atoms with Gasteiger partial charge in [0.15, 0.2) is 0 Å². The van der Waals surface area contributed by atoms with E-state index >= 15 is 0 Å². The molecular weight excluding hydrogens is 316 g/mol. The van der Waals surface area contributed by atoms with Crippen LogP contribution in [0.25, 0.3) is 0 Å². The van der Waals surface area contributed by atoms with E-state index in [4.69, 9.17) is 9.26 Å².